The van der Waals surface area contributed by atoms with Crippen LogP contribution in [0.25, 0.3) is 0 Å². The van der Waals surface area contributed by atoms with E-state index in [9.17, 15) is 24.0 Å². The van der Waals surface area contributed by atoms with Crippen molar-refractivity contribution in [2.45, 2.75) is 79.1 Å². The molecule has 55 heavy (non-hydrogen) atoms. The molecule has 0 bridgehead atoms. The van der Waals surface area contributed by atoms with Gasteiger partial charge in [-0.15, -0.1) is 0 Å². The van der Waals surface area contributed by atoms with Crippen LogP contribution in [0.4, 0.5) is 0 Å². The smallest absolute Gasteiger partial charge is 0.320 e. The molecule has 1 aromatic rings. The number of amides is 2. The fourth-order valence-corrected chi connectivity index (χ4v) is 6.06. The lowest BCUT2D eigenvalue weighted by Gasteiger charge is -2.34. The average Bonchev–Trinajstić information content (AvgIpc) is 3.28. The van der Waals surface area contributed by atoms with Gasteiger partial charge < -0.3 is 23.7 Å². The summed E-state index contributed by atoms with van der Waals surface area (Å²) in [7, 11) is 0. The van der Waals surface area contributed by atoms with Crippen LogP contribution in [0.1, 0.15) is 83.0 Å². The molecule has 1 saturated heterocycles. The van der Waals surface area contributed by atoms with Crippen LogP contribution in [0.5, 0.6) is 0 Å². The van der Waals surface area contributed by atoms with Gasteiger partial charge in [0.2, 0.25) is 0 Å². The van der Waals surface area contributed by atoms with Crippen molar-refractivity contribution in [2.24, 2.45) is 0 Å². The fourth-order valence-electron chi connectivity index (χ4n) is 6.06. The summed E-state index contributed by atoms with van der Waals surface area (Å²) in [5.74, 6) is -1.59. The number of ether oxygens (including phenoxy) is 5. The number of nitrogens with zero attached hydrogens (tertiary/aromatic N) is 5. The minimum atomic E-state index is -0.625. The van der Waals surface area contributed by atoms with Gasteiger partial charge in [-0.25, -0.2) is 0 Å². The third-order valence-electron chi connectivity index (χ3n) is 8.51. The highest BCUT2D eigenvalue weighted by molar-refractivity contribution is 6.21. The Labute approximate surface area is 327 Å². The lowest BCUT2D eigenvalue weighted by molar-refractivity contribution is -0.158. The van der Waals surface area contributed by atoms with Gasteiger partial charge in [0.05, 0.1) is 63.7 Å². The molecule has 310 valence electrons. The van der Waals surface area contributed by atoms with Gasteiger partial charge in [0.15, 0.2) is 0 Å². The number of benzene rings is 1. The van der Waals surface area contributed by atoms with Crippen LogP contribution in [0, 0.1) is 0 Å². The molecule has 0 radical (unpaired) electrons. The Morgan fingerprint density at radius 3 is 1.13 bits per heavy atom. The van der Waals surface area contributed by atoms with E-state index in [1.165, 1.54) is 4.90 Å². The van der Waals surface area contributed by atoms with Crippen LogP contribution < -0.4 is 0 Å². The topological polar surface area (TPSA) is 148 Å². The highest BCUT2D eigenvalue weighted by atomic mass is 16.6. The van der Waals surface area contributed by atoms with Crippen LogP contribution in [-0.4, -0.2) is 183 Å². The molecule has 15 nitrogen and oxygen atoms in total. The molecule has 2 aliphatic heterocycles. The second-order valence-electron chi connectivity index (χ2n) is 17.0. The molecule has 2 heterocycles. The molecule has 0 saturated carbocycles. The number of fused-ring (bicyclic) bond motifs is 1. The molecule has 0 aromatic heterocycles. The number of rotatable bonds is 15. The van der Waals surface area contributed by atoms with E-state index in [0.717, 1.165) is 0 Å². The summed E-state index contributed by atoms with van der Waals surface area (Å²) in [6.45, 7) is 23.2. The highest BCUT2D eigenvalue weighted by Crippen LogP contribution is 2.22. The predicted molar refractivity (Wildman–Crippen MR) is 207 cm³/mol. The predicted octanol–water partition coefficient (Wildman–Crippen LogP) is 2.56. The van der Waals surface area contributed by atoms with Crippen molar-refractivity contribution in [1.82, 2.24) is 24.5 Å². The third kappa shape index (κ3) is 17.9. The van der Waals surface area contributed by atoms with Crippen LogP contribution in [0.2, 0.25) is 0 Å². The first kappa shape index (κ1) is 45.9. The SMILES string of the molecule is CC(C)(C)OC(=O)CN1CCN(CCOCCOCCN2C(=O)c3ccccc3C2=O)CCN(CC(=O)OC(C)(C)C)CCN(CC(=O)OC(C)(C)C)CC1. The first-order valence-electron chi connectivity index (χ1n) is 19.3. The number of hydrogen-bond donors (Lipinski definition) is 0. The molecule has 15 heteroatoms. The summed E-state index contributed by atoms with van der Waals surface area (Å²) >= 11 is 0. The zero-order chi connectivity index (χ0) is 40.8. The monoisotopic (exact) mass is 775 g/mol. The number of imide groups is 1. The van der Waals surface area contributed by atoms with Crippen molar-refractivity contribution in [2.75, 3.05) is 112 Å². The standard InChI is InChI=1S/C40H65N5O10/c1-38(2,3)53-33(46)28-42-16-14-41(22-24-51-26-27-52-25-23-45-36(49)31-12-10-11-13-32(31)37(45)50)15-17-43(29-34(47)54-39(4,5)6)19-21-44(20-18-42)30-35(48)55-40(7,8)9/h10-13H,14-30H2,1-9H3. The Bertz CT molecular complexity index is 1350. The van der Waals surface area contributed by atoms with Crippen molar-refractivity contribution < 1.29 is 47.7 Å². The zero-order valence-electron chi connectivity index (χ0n) is 34.6. The van der Waals surface area contributed by atoms with Gasteiger partial charge in [-0.3, -0.25) is 48.5 Å². The molecular formula is C40H65N5O10. The van der Waals surface area contributed by atoms with Crippen molar-refractivity contribution in [1.29, 1.82) is 0 Å². The lowest BCUT2D eigenvalue weighted by Crippen LogP contribution is -2.49. The molecule has 0 unspecified atom stereocenters. The molecule has 1 fully saturated rings. The number of esters is 3. The number of carbonyl (C=O) groups is 5. The average molecular weight is 776 g/mol. The maximum Gasteiger partial charge on any atom is 0.320 e. The Balaban J connectivity index is 1.60. The van der Waals surface area contributed by atoms with Gasteiger partial charge in [0, 0.05) is 58.9 Å². The van der Waals surface area contributed by atoms with E-state index in [0.29, 0.717) is 89.9 Å². The van der Waals surface area contributed by atoms with E-state index in [1.807, 2.05) is 77.0 Å². The second-order valence-corrected chi connectivity index (χ2v) is 17.0. The van der Waals surface area contributed by atoms with Gasteiger partial charge in [-0.1, -0.05) is 12.1 Å². The summed E-state index contributed by atoms with van der Waals surface area (Å²) in [6, 6.07) is 6.79. The molecule has 2 aliphatic rings. The fraction of sp³-hybridized carbons (Fsp3) is 0.725. The van der Waals surface area contributed by atoms with E-state index in [-0.39, 0.29) is 62.5 Å². The number of hydrogen-bond acceptors (Lipinski definition) is 14. The van der Waals surface area contributed by atoms with E-state index < -0.39 is 16.8 Å². The van der Waals surface area contributed by atoms with E-state index in [4.69, 9.17) is 23.7 Å². The number of carbonyl (C=O) groups excluding carboxylic acids is 5. The largest absolute Gasteiger partial charge is 0.459 e. The first-order chi connectivity index (χ1) is 25.7. The van der Waals surface area contributed by atoms with Gasteiger partial charge in [0.25, 0.3) is 11.8 Å². The minimum Gasteiger partial charge on any atom is -0.459 e. The molecular weight excluding hydrogens is 710 g/mol. The van der Waals surface area contributed by atoms with Crippen molar-refractivity contribution in [3.63, 3.8) is 0 Å². The maximum absolute atomic E-state index is 12.9. The van der Waals surface area contributed by atoms with Crippen LogP contribution in [-0.2, 0) is 38.1 Å². The molecule has 0 aliphatic carbocycles. The second kappa shape index (κ2) is 21.2. The molecule has 3 rings (SSSR count). The molecule has 0 N–H and O–H groups in total. The lowest BCUT2D eigenvalue weighted by atomic mass is 10.1. The van der Waals surface area contributed by atoms with Crippen LogP contribution in [0.15, 0.2) is 24.3 Å². The summed E-state index contributed by atoms with van der Waals surface area (Å²) in [5, 5.41) is 0. The molecule has 2 amide bonds. The van der Waals surface area contributed by atoms with E-state index in [1.54, 1.807) is 24.3 Å². The summed E-state index contributed by atoms with van der Waals surface area (Å²) < 4.78 is 28.5. The molecule has 1 aromatic carbocycles. The van der Waals surface area contributed by atoms with Crippen molar-refractivity contribution >= 4 is 29.7 Å². The summed E-state index contributed by atoms with van der Waals surface area (Å²) in [4.78, 5) is 73.5. The molecule has 0 atom stereocenters. The Morgan fingerprint density at radius 2 is 0.800 bits per heavy atom. The van der Waals surface area contributed by atoms with Crippen LogP contribution >= 0.6 is 0 Å². The maximum atomic E-state index is 12.9. The third-order valence-corrected chi connectivity index (χ3v) is 8.51. The Hall–Kier alpha value is -3.47. The van der Waals surface area contributed by atoms with Gasteiger partial charge in [-0.05, 0) is 74.4 Å². The summed E-state index contributed by atoms with van der Waals surface area (Å²) in [6.07, 6.45) is 0. The van der Waals surface area contributed by atoms with Gasteiger partial charge in [0.1, 0.15) is 16.8 Å². The minimum absolute atomic E-state index is 0.0772. The van der Waals surface area contributed by atoms with Crippen molar-refractivity contribution in [3.8, 4) is 0 Å². The van der Waals surface area contributed by atoms with E-state index >= 15 is 0 Å². The highest BCUT2D eigenvalue weighted by Gasteiger charge is 2.34. The Kier molecular flexibility index (Phi) is 17.7. The molecule has 0 spiro atoms. The van der Waals surface area contributed by atoms with Crippen molar-refractivity contribution in [3.05, 3.63) is 35.4 Å². The summed E-state index contributed by atoms with van der Waals surface area (Å²) in [5.41, 5.74) is -1.03. The normalized spacial score (nSPS) is 17.7. The zero-order valence-corrected chi connectivity index (χ0v) is 34.6. The van der Waals surface area contributed by atoms with Gasteiger partial charge in [-0.2, -0.15) is 0 Å². The Morgan fingerprint density at radius 1 is 0.491 bits per heavy atom. The van der Waals surface area contributed by atoms with E-state index in [2.05, 4.69) is 4.90 Å². The van der Waals surface area contributed by atoms with Crippen LogP contribution in [0.3, 0.4) is 0 Å². The quantitative estimate of drug-likeness (QED) is 0.111. The first-order valence-corrected chi connectivity index (χ1v) is 19.3. The van der Waals surface area contributed by atoms with Gasteiger partial charge >= 0.3 is 17.9 Å².